The van der Waals surface area contributed by atoms with Crippen molar-refractivity contribution in [2.24, 2.45) is 0 Å². The van der Waals surface area contributed by atoms with Gasteiger partial charge in [-0.15, -0.1) is 0 Å². The van der Waals surface area contributed by atoms with Crippen LogP contribution in [-0.4, -0.2) is 35.9 Å². The molecule has 2 aromatic carbocycles. The molecule has 0 aliphatic rings. The largest absolute Gasteiger partial charge is 0.482 e. The molecule has 2 rings (SSSR count). The normalized spacial score (nSPS) is 11.6. The molecule has 2 aromatic rings. The van der Waals surface area contributed by atoms with E-state index in [-0.39, 0.29) is 30.8 Å². The van der Waals surface area contributed by atoms with Crippen LogP contribution in [0.4, 0.5) is 4.39 Å². The SMILES string of the molecule is CCCCCNC(=O)[C@@H](C)N(Cc1ccc(F)cc1)C(=O)COc1ccccc1Cl. The van der Waals surface area contributed by atoms with Crippen LogP contribution >= 0.6 is 11.6 Å². The molecule has 0 saturated carbocycles. The van der Waals surface area contributed by atoms with Crippen LogP contribution in [0.1, 0.15) is 38.7 Å². The van der Waals surface area contributed by atoms with Crippen LogP contribution in [0.15, 0.2) is 48.5 Å². The zero-order valence-electron chi connectivity index (χ0n) is 17.4. The van der Waals surface area contributed by atoms with Crippen LogP contribution in [0.2, 0.25) is 5.02 Å². The van der Waals surface area contributed by atoms with Gasteiger partial charge in [-0.05, 0) is 43.2 Å². The summed E-state index contributed by atoms with van der Waals surface area (Å²) in [6.45, 7) is 4.22. The highest BCUT2D eigenvalue weighted by molar-refractivity contribution is 6.32. The predicted octanol–water partition coefficient (Wildman–Crippen LogP) is 4.58. The second kappa shape index (κ2) is 12.2. The van der Waals surface area contributed by atoms with Gasteiger partial charge in [0.2, 0.25) is 5.91 Å². The number of halogens is 2. The van der Waals surface area contributed by atoms with Gasteiger partial charge >= 0.3 is 0 Å². The molecule has 0 heterocycles. The summed E-state index contributed by atoms with van der Waals surface area (Å²) in [5.74, 6) is -0.568. The number of carbonyl (C=O) groups is 2. The third-order valence-corrected chi connectivity index (χ3v) is 5.01. The minimum absolute atomic E-state index is 0.161. The van der Waals surface area contributed by atoms with Crippen molar-refractivity contribution in [2.45, 2.75) is 45.7 Å². The van der Waals surface area contributed by atoms with E-state index in [2.05, 4.69) is 12.2 Å². The Kier molecular flexibility index (Phi) is 9.61. The monoisotopic (exact) mass is 434 g/mol. The second-order valence-electron chi connectivity index (χ2n) is 7.04. The van der Waals surface area contributed by atoms with E-state index in [0.29, 0.717) is 22.9 Å². The highest BCUT2D eigenvalue weighted by atomic mass is 35.5. The van der Waals surface area contributed by atoms with Crippen molar-refractivity contribution in [2.75, 3.05) is 13.2 Å². The Morgan fingerprint density at radius 1 is 1.13 bits per heavy atom. The quantitative estimate of drug-likeness (QED) is 0.526. The summed E-state index contributed by atoms with van der Waals surface area (Å²) in [6, 6.07) is 12.0. The fourth-order valence-electron chi connectivity index (χ4n) is 2.89. The fraction of sp³-hybridized carbons (Fsp3) is 0.391. The molecule has 0 unspecified atom stereocenters. The topological polar surface area (TPSA) is 58.6 Å². The molecule has 0 bridgehead atoms. The van der Waals surface area contributed by atoms with Crippen molar-refractivity contribution in [3.05, 3.63) is 64.9 Å². The number of benzene rings is 2. The Hall–Kier alpha value is -2.60. The Balaban J connectivity index is 2.08. The minimum atomic E-state index is -0.709. The number of amides is 2. The smallest absolute Gasteiger partial charge is 0.261 e. The fourth-order valence-corrected chi connectivity index (χ4v) is 3.08. The number of nitrogens with one attached hydrogen (secondary N) is 1. The average Bonchev–Trinajstić information content (AvgIpc) is 2.75. The Morgan fingerprint density at radius 2 is 1.83 bits per heavy atom. The zero-order chi connectivity index (χ0) is 21.9. The summed E-state index contributed by atoms with van der Waals surface area (Å²) in [5, 5.41) is 3.28. The van der Waals surface area contributed by atoms with E-state index in [9.17, 15) is 14.0 Å². The number of hydrogen-bond acceptors (Lipinski definition) is 3. The van der Waals surface area contributed by atoms with Crippen molar-refractivity contribution in [1.82, 2.24) is 10.2 Å². The first-order valence-corrected chi connectivity index (χ1v) is 10.5. The van der Waals surface area contributed by atoms with E-state index in [1.165, 1.54) is 17.0 Å². The van der Waals surface area contributed by atoms with Crippen LogP contribution in [0.25, 0.3) is 0 Å². The molecule has 0 aliphatic heterocycles. The summed E-state index contributed by atoms with van der Waals surface area (Å²) in [6.07, 6.45) is 2.97. The van der Waals surface area contributed by atoms with E-state index >= 15 is 0 Å². The number of nitrogens with zero attached hydrogens (tertiary/aromatic N) is 1. The summed E-state index contributed by atoms with van der Waals surface area (Å²) in [5.41, 5.74) is 0.716. The summed E-state index contributed by atoms with van der Waals surface area (Å²) in [7, 11) is 0. The second-order valence-corrected chi connectivity index (χ2v) is 7.45. The lowest BCUT2D eigenvalue weighted by Gasteiger charge is -2.28. The van der Waals surface area contributed by atoms with E-state index in [4.69, 9.17) is 16.3 Å². The van der Waals surface area contributed by atoms with Gasteiger partial charge in [0.15, 0.2) is 6.61 Å². The molecule has 5 nitrogen and oxygen atoms in total. The van der Waals surface area contributed by atoms with Gasteiger partial charge in [0.1, 0.15) is 17.6 Å². The van der Waals surface area contributed by atoms with Gasteiger partial charge in [-0.2, -0.15) is 0 Å². The van der Waals surface area contributed by atoms with Crippen molar-refractivity contribution in [1.29, 1.82) is 0 Å². The highest BCUT2D eigenvalue weighted by Gasteiger charge is 2.26. The maximum atomic E-state index is 13.2. The number of ether oxygens (including phenoxy) is 1. The van der Waals surface area contributed by atoms with Gasteiger partial charge in [0.25, 0.3) is 5.91 Å². The van der Waals surface area contributed by atoms with Crippen molar-refractivity contribution >= 4 is 23.4 Å². The standard InChI is InChI=1S/C23H28ClFN2O3/c1-3-4-7-14-26-23(29)17(2)27(15-18-10-12-19(25)13-11-18)22(28)16-30-21-9-6-5-8-20(21)24/h5-6,8-13,17H,3-4,7,14-16H2,1-2H3,(H,26,29)/t17-/m1/s1. The van der Waals surface area contributed by atoms with Crippen LogP contribution in [0, 0.1) is 5.82 Å². The van der Waals surface area contributed by atoms with Crippen molar-refractivity contribution in [3.8, 4) is 5.75 Å². The maximum Gasteiger partial charge on any atom is 0.261 e. The molecule has 30 heavy (non-hydrogen) atoms. The lowest BCUT2D eigenvalue weighted by atomic mass is 10.1. The van der Waals surface area contributed by atoms with Gasteiger partial charge in [-0.1, -0.05) is 55.6 Å². The van der Waals surface area contributed by atoms with E-state index < -0.39 is 6.04 Å². The Bertz CT molecular complexity index is 829. The predicted molar refractivity (Wildman–Crippen MR) is 116 cm³/mol. The number of rotatable bonds is 11. The van der Waals surface area contributed by atoms with Gasteiger partial charge in [0, 0.05) is 13.1 Å². The molecule has 1 atom stereocenters. The molecule has 0 fully saturated rings. The van der Waals surface area contributed by atoms with Crippen LogP contribution < -0.4 is 10.1 Å². The van der Waals surface area contributed by atoms with Gasteiger partial charge in [-0.25, -0.2) is 4.39 Å². The number of hydrogen-bond donors (Lipinski definition) is 1. The number of carbonyl (C=O) groups excluding carboxylic acids is 2. The minimum Gasteiger partial charge on any atom is -0.482 e. The number of para-hydroxylation sites is 1. The number of unbranched alkanes of at least 4 members (excludes halogenated alkanes) is 2. The molecule has 2 amide bonds. The third-order valence-electron chi connectivity index (χ3n) is 4.70. The van der Waals surface area contributed by atoms with Crippen LogP contribution in [0.3, 0.4) is 0 Å². The molecule has 0 spiro atoms. The highest BCUT2D eigenvalue weighted by Crippen LogP contribution is 2.23. The molecule has 0 aliphatic carbocycles. The van der Waals surface area contributed by atoms with Crippen LogP contribution in [-0.2, 0) is 16.1 Å². The van der Waals surface area contributed by atoms with E-state index in [1.54, 1.807) is 43.3 Å². The van der Waals surface area contributed by atoms with Crippen LogP contribution in [0.5, 0.6) is 5.75 Å². The lowest BCUT2D eigenvalue weighted by Crippen LogP contribution is -2.49. The average molecular weight is 435 g/mol. The first-order chi connectivity index (χ1) is 14.4. The third kappa shape index (κ3) is 7.34. The Labute approximate surface area is 182 Å². The molecule has 7 heteroatoms. The summed E-state index contributed by atoms with van der Waals surface area (Å²) >= 11 is 6.08. The molecular formula is C23H28ClFN2O3. The summed E-state index contributed by atoms with van der Waals surface area (Å²) < 4.78 is 18.8. The first-order valence-electron chi connectivity index (χ1n) is 10.1. The summed E-state index contributed by atoms with van der Waals surface area (Å²) in [4.78, 5) is 27.0. The van der Waals surface area contributed by atoms with Gasteiger partial charge in [0.05, 0.1) is 5.02 Å². The molecule has 0 aromatic heterocycles. The zero-order valence-corrected chi connectivity index (χ0v) is 18.1. The van der Waals surface area contributed by atoms with Crippen molar-refractivity contribution < 1.29 is 18.7 Å². The Morgan fingerprint density at radius 3 is 2.50 bits per heavy atom. The van der Waals surface area contributed by atoms with Gasteiger partial charge in [-0.3, -0.25) is 9.59 Å². The lowest BCUT2D eigenvalue weighted by molar-refractivity contribution is -0.142. The molecular weight excluding hydrogens is 407 g/mol. The van der Waals surface area contributed by atoms with E-state index in [1.807, 2.05) is 0 Å². The molecule has 1 N–H and O–H groups in total. The van der Waals surface area contributed by atoms with Gasteiger partial charge < -0.3 is 15.0 Å². The maximum absolute atomic E-state index is 13.2. The van der Waals surface area contributed by atoms with E-state index in [0.717, 1.165) is 19.3 Å². The first kappa shape index (κ1) is 23.7. The molecule has 0 saturated heterocycles. The molecule has 162 valence electrons. The van der Waals surface area contributed by atoms with Crippen molar-refractivity contribution in [3.63, 3.8) is 0 Å². The molecule has 0 radical (unpaired) electrons.